The van der Waals surface area contributed by atoms with E-state index in [0.717, 1.165) is 6.26 Å². The highest BCUT2D eigenvalue weighted by Crippen LogP contribution is 2.13. The fourth-order valence-corrected chi connectivity index (χ4v) is 2.58. The van der Waals surface area contributed by atoms with Crippen LogP contribution in [0.3, 0.4) is 0 Å². The lowest BCUT2D eigenvalue weighted by Gasteiger charge is -2.06. The van der Waals surface area contributed by atoms with Crippen molar-refractivity contribution < 1.29 is 23.1 Å². The van der Waals surface area contributed by atoms with Crippen LogP contribution in [0.2, 0.25) is 0 Å². The number of nitrogens with one attached hydrogen (secondary N) is 2. The molecule has 7 nitrogen and oxygen atoms in total. The normalized spacial score (nSPS) is 10.3. The number of carbonyl (C=O) groups is 2. The molecule has 0 bridgehead atoms. The zero-order valence-corrected chi connectivity index (χ0v) is 14.2. The number of aromatic nitrogens is 1. The highest BCUT2D eigenvalue weighted by molar-refractivity contribution is 7.12. The van der Waals surface area contributed by atoms with Crippen molar-refractivity contribution in [2.75, 3.05) is 18.5 Å². The van der Waals surface area contributed by atoms with Gasteiger partial charge < -0.3 is 14.5 Å². The Morgan fingerprint density at radius 3 is 2.73 bits per heavy atom. The second-order valence-electron chi connectivity index (χ2n) is 5.03. The Labute approximate surface area is 151 Å². The lowest BCUT2D eigenvalue weighted by Crippen LogP contribution is -2.28. The van der Waals surface area contributed by atoms with Gasteiger partial charge in [-0.05, 0) is 35.7 Å². The molecule has 0 saturated heterocycles. The first-order valence-corrected chi connectivity index (χ1v) is 8.47. The third-order valence-electron chi connectivity index (χ3n) is 3.17. The topological polar surface area (TPSA) is 93.5 Å². The number of oxazole rings is 1. The van der Waals surface area contributed by atoms with Crippen molar-refractivity contribution in [2.45, 2.75) is 0 Å². The molecule has 0 spiro atoms. The number of amides is 2. The summed E-state index contributed by atoms with van der Waals surface area (Å²) in [6.45, 7) is 0.428. The lowest BCUT2D eigenvalue weighted by molar-refractivity contribution is 0.0941. The van der Waals surface area contributed by atoms with E-state index in [-0.39, 0.29) is 36.6 Å². The first-order valence-electron chi connectivity index (χ1n) is 7.59. The van der Waals surface area contributed by atoms with Gasteiger partial charge in [-0.1, -0.05) is 6.07 Å². The number of rotatable bonds is 7. The Kier molecular flexibility index (Phi) is 5.59. The summed E-state index contributed by atoms with van der Waals surface area (Å²) in [5.41, 5.74) is 0.0354. The first kappa shape index (κ1) is 17.6. The Bertz CT molecular complexity index is 878. The van der Waals surface area contributed by atoms with Crippen LogP contribution in [0.5, 0.6) is 5.75 Å². The minimum Gasteiger partial charge on any atom is -0.492 e. The first-order chi connectivity index (χ1) is 12.6. The number of carbonyl (C=O) groups excluding carboxylic acids is 2. The number of halogens is 1. The zero-order valence-electron chi connectivity index (χ0n) is 13.4. The number of hydrogen-bond donors (Lipinski definition) is 2. The van der Waals surface area contributed by atoms with Gasteiger partial charge in [-0.15, -0.1) is 11.3 Å². The molecule has 2 amide bonds. The van der Waals surface area contributed by atoms with E-state index in [0.29, 0.717) is 10.6 Å². The number of anilines is 1. The summed E-state index contributed by atoms with van der Waals surface area (Å²) in [6, 6.07) is 8.93. The largest absolute Gasteiger partial charge is 0.492 e. The molecule has 2 aromatic heterocycles. The van der Waals surface area contributed by atoms with Crippen LogP contribution >= 0.6 is 11.3 Å². The van der Waals surface area contributed by atoms with Crippen LogP contribution in [-0.2, 0) is 0 Å². The average Bonchev–Trinajstić information content (AvgIpc) is 3.32. The van der Waals surface area contributed by atoms with Crippen LogP contribution in [0.1, 0.15) is 20.2 Å². The van der Waals surface area contributed by atoms with Gasteiger partial charge in [0.25, 0.3) is 11.8 Å². The van der Waals surface area contributed by atoms with E-state index in [4.69, 9.17) is 9.15 Å². The second kappa shape index (κ2) is 8.26. The van der Waals surface area contributed by atoms with Crippen LogP contribution in [0, 0.1) is 5.82 Å². The molecule has 9 heteroatoms. The Morgan fingerprint density at radius 2 is 2.00 bits per heavy atom. The van der Waals surface area contributed by atoms with Gasteiger partial charge in [0.2, 0.25) is 0 Å². The van der Waals surface area contributed by atoms with Crippen LogP contribution in [0.15, 0.2) is 52.5 Å². The molecule has 2 N–H and O–H groups in total. The quantitative estimate of drug-likeness (QED) is 0.620. The van der Waals surface area contributed by atoms with E-state index in [1.54, 1.807) is 17.5 Å². The third kappa shape index (κ3) is 4.67. The minimum absolute atomic E-state index is 0.0354. The van der Waals surface area contributed by atoms with E-state index in [1.807, 2.05) is 0 Å². The van der Waals surface area contributed by atoms with Gasteiger partial charge in [-0.25, -0.2) is 4.39 Å². The van der Waals surface area contributed by atoms with Crippen LogP contribution in [0.4, 0.5) is 10.4 Å². The molecule has 0 aliphatic heterocycles. The minimum atomic E-state index is -0.465. The molecule has 26 heavy (non-hydrogen) atoms. The van der Waals surface area contributed by atoms with E-state index in [2.05, 4.69) is 15.6 Å². The summed E-state index contributed by atoms with van der Waals surface area (Å²) in [5, 5.41) is 6.85. The zero-order chi connectivity index (χ0) is 18.4. The smallest absolute Gasteiger partial charge is 0.302 e. The Balaban J connectivity index is 1.44. The van der Waals surface area contributed by atoms with E-state index >= 15 is 0 Å². The van der Waals surface area contributed by atoms with Gasteiger partial charge in [0.1, 0.15) is 24.4 Å². The molecule has 3 aromatic rings. The molecular formula is C17H14FN3O4S. The maximum Gasteiger partial charge on any atom is 0.302 e. The van der Waals surface area contributed by atoms with Crippen molar-refractivity contribution in [2.24, 2.45) is 0 Å². The van der Waals surface area contributed by atoms with Crippen molar-refractivity contribution >= 4 is 29.2 Å². The molecule has 0 atom stereocenters. The van der Waals surface area contributed by atoms with E-state index in [9.17, 15) is 14.0 Å². The van der Waals surface area contributed by atoms with Crippen molar-refractivity contribution in [1.29, 1.82) is 0 Å². The molecule has 1 aromatic carbocycles. The second-order valence-corrected chi connectivity index (χ2v) is 5.98. The standard InChI is InChI=1S/C17H14FN3O4S/c18-11-3-5-12(6-4-11)24-8-7-19-15(22)13-10-25-17(20-13)21-16(23)14-2-1-9-26-14/h1-6,9-10H,7-8H2,(H,19,22)(H,20,21,23). The number of thiophene rings is 1. The summed E-state index contributed by atoms with van der Waals surface area (Å²) >= 11 is 1.28. The van der Waals surface area contributed by atoms with Crippen LogP contribution in [0.25, 0.3) is 0 Å². The number of benzene rings is 1. The van der Waals surface area contributed by atoms with Crippen molar-refractivity contribution in [3.05, 3.63) is 64.4 Å². The van der Waals surface area contributed by atoms with Gasteiger partial charge >= 0.3 is 6.01 Å². The fourth-order valence-electron chi connectivity index (χ4n) is 1.96. The number of nitrogens with zero attached hydrogens (tertiary/aromatic N) is 1. The Hall–Kier alpha value is -3.20. The van der Waals surface area contributed by atoms with Gasteiger partial charge in [-0.2, -0.15) is 4.98 Å². The van der Waals surface area contributed by atoms with Gasteiger partial charge in [-0.3, -0.25) is 14.9 Å². The fraction of sp³-hybridized carbons (Fsp3) is 0.118. The highest BCUT2D eigenvalue weighted by Gasteiger charge is 2.15. The molecule has 0 unspecified atom stereocenters. The average molecular weight is 375 g/mol. The van der Waals surface area contributed by atoms with Crippen molar-refractivity contribution in [3.8, 4) is 5.75 Å². The summed E-state index contributed by atoms with van der Waals surface area (Å²) < 4.78 is 23.2. The third-order valence-corrected chi connectivity index (χ3v) is 4.04. The summed E-state index contributed by atoms with van der Waals surface area (Å²) in [4.78, 5) is 28.3. The number of ether oxygens (including phenoxy) is 1. The molecular weight excluding hydrogens is 361 g/mol. The van der Waals surface area contributed by atoms with E-state index in [1.165, 1.54) is 35.6 Å². The molecule has 0 aliphatic rings. The van der Waals surface area contributed by atoms with Crippen molar-refractivity contribution in [1.82, 2.24) is 10.3 Å². The van der Waals surface area contributed by atoms with Crippen LogP contribution in [-0.4, -0.2) is 29.9 Å². The molecule has 0 saturated carbocycles. The molecule has 134 valence electrons. The maximum atomic E-state index is 12.8. The predicted molar refractivity (Wildman–Crippen MR) is 93.0 cm³/mol. The summed E-state index contributed by atoms with van der Waals surface area (Å²) in [5.74, 6) is -0.672. The van der Waals surface area contributed by atoms with Gasteiger partial charge in [0, 0.05) is 0 Å². The lowest BCUT2D eigenvalue weighted by atomic mass is 10.3. The monoisotopic (exact) mass is 375 g/mol. The predicted octanol–water partition coefficient (Wildman–Crippen LogP) is 2.94. The van der Waals surface area contributed by atoms with E-state index < -0.39 is 5.91 Å². The molecule has 2 heterocycles. The molecule has 0 fully saturated rings. The molecule has 3 rings (SSSR count). The summed E-state index contributed by atoms with van der Waals surface area (Å²) in [6.07, 6.45) is 1.15. The van der Waals surface area contributed by atoms with Gasteiger partial charge in [0.05, 0.1) is 11.4 Å². The summed E-state index contributed by atoms with van der Waals surface area (Å²) in [7, 11) is 0. The highest BCUT2D eigenvalue weighted by atomic mass is 32.1. The maximum absolute atomic E-state index is 12.8. The van der Waals surface area contributed by atoms with Crippen LogP contribution < -0.4 is 15.4 Å². The molecule has 0 aliphatic carbocycles. The SMILES string of the molecule is O=C(NCCOc1ccc(F)cc1)c1coc(NC(=O)c2cccs2)n1. The Morgan fingerprint density at radius 1 is 1.19 bits per heavy atom. The molecule has 0 radical (unpaired) electrons. The van der Waals surface area contributed by atoms with Crippen molar-refractivity contribution in [3.63, 3.8) is 0 Å². The number of hydrogen-bond acceptors (Lipinski definition) is 6. The van der Waals surface area contributed by atoms with Gasteiger partial charge in [0.15, 0.2) is 5.69 Å².